The minimum atomic E-state index is -0.0211. The summed E-state index contributed by atoms with van der Waals surface area (Å²) < 4.78 is 5.50. The van der Waals surface area contributed by atoms with Crippen molar-refractivity contribution in [1.82, 2.24) is 10.2 Å². The Labute approximate surface area is 118 Å². The minimum Gasteiger partial charge on any atom is -0.484 e. The topological polar surface area (TPSA) is 58.6 Å². The third-order valence-corrected chi connectivity index (χ3v) is 3.42. The smallest absolute Gasteiger partial charge is 0.260 e. The van der Waals surface area contributed by atoms with E-state index in [9.17, 15) is 9.59 Å². The van der Waals surface area contributed by atoms with Gasteiger partial charge >= 0.3 is 0 Å². The molecule has 0 radical (unpaired) electrons. The average molecular weight is 276 g/mol. The number of ether oxygens (including phenoxy) is 1. The Balaban J connectivity index is 1.92. The fourth-order valence-electron chi connectivity index (χ4n) is 2.24. The summed E-state index contributed by atoms with van der Waals surface area (Å²) >= 11 is 0. The second-order valence-electron chi connectivity index (χ2n) is 5.01. The van der Waals surface area contributed by atoms with Crippen molar-refractivity contribution in [3.8, 4) is 5.75 Å². The number of carbonyl (C=O) groups excluding carboxylic acids is 2. The van der Waals surface area contributed by atoms with Gasteiger partial charge in [-0.1, -0.05) is 12.1 Å². The molecule has 1 saturated heterocycles. The third-order valence-electron chi connectivity index (χ3n) is 3.42. The van der Waals surface area contributed by atoms with E-state index in [1.807, 2.05) is 11.8 Å². The first kappa shape index (κ1) is 14.5. The van der Waals surface area contributed by atoms with Gasteiger partial charge in [0.05, 0.1) is 0 Å². The maximum atomic E-state index is 12.1. The molecule has 0 spiro atoms. The molecule has 0 aromatic heterocycles. The fraction of sp³-hybridized carbons (Fsp3) is 0.467. The standard InChI is InChI=1S/C15H20N2O3/c1-11-9-16-6-7-17(11)15(19)10-20-14-5-3-4-13(8-14)12(2)18/h3-5,8,11,16H,6-7,9-10H2,1-2H3/t11-/m1/s1. The molecular formula is C15H20N2O3. The predicted octanol–water partition coefficient (Wildman–Crippen LogP) is 1.09. The number of piperazine rings is 1. The summed E-state index contributed by atoms with van der Waals surface area (Å²) in [6, 6.07) is 7.08. The maximum Gasteiger partial charge on any atom is 0.260 e. The molecule has 0 bridgehead atoms. The van der Waals surface area contributed by atoms with Crippen LogP contribution in [0.25, 0.3) is 0 Å². The largest absolute Gasteiger partial charge is 0.484 e. The number of carbonyl (C=O) groups is 2. The quantitative estimate of drug-likeness (QED) is 0.836. The molecule has 1 N–H and O–H groups in total. The van der Waals surface area contributed by atoms with Crippen molar-refractivity contribution >= 4 is 11.7 Å². The van der Waals surface area contributed by atoms with Gasteiger partial charge in [0.25, 0.3) is 5.91 Å². The molecule has 108 valence electrons. The summed E-state index contributed by atoms with van der Waals surface area (Å²) in [5.41, 5.74) is 0.588. The van der Waals surface area contributed by atoms with E-state index < -0.39 is 0 Å². The lowest BCUT2D eigenvalue weighted by Crippen LogP contribution is -2.53. The molecule has 0 aliphatic carbocycles. The lowest BCUT2D eigenvalue weighted by molar-refractivity contribution is -0.136. The molecule has 1 atom stereocenters. The number of amides is 1. The highest BCUT2D eigenvalue weighted by Gasteiger charge is 2.23. The number of rotatable bonds is 4. The second-order valence-corrected chi connectivity index (χ2v) is 5.01. The molecule has 20 heavy (non-hydrogen) atoms. The molecule has 1 aromatic rings. The van der Waals surface area contributed by atoms with E-state index in [-0.39, 0.29) is 24.3 Å². The van der Waals surface area contributed by atoms with Crippen molar-refractivity contribution in [3.05, 3.63) is 29.8 Å². The fourth-order valence-corrected chi connectivity index (χ4v) is 2.24. The molecule has 5 heteroatoms. The van der Waals surface area contributed by atoms with Crippen LogP contribution in [-0.2, 0) is 4.79 Å². The number of ketones is 1. The summed E-state index contributed by atoms with van der Waals surface area (Å²) in [6.45, 7) is 5.86. The van der Waals surface area contributed by atoms with E-state index in [1.54, 1.807) is 24.3 Å². The van der Waals surface area contributed by atoms with Gasteiger partial charge in [0.15, 0.2) is 12.4 Å². The zero-order valence-electron chi connectivity index (χ0n) is 11.9. The van der Waals surface area contributed by atoms with Crippen LogP contribution < -0.4 is 10.1 Å². The number of hydrogen-bond donors (Lipinski definition) is 1. The van der Waals surface area contributed by atoms with Gasteiger partial charge in [0.1, 0.15) is 5.75 Å². The Hall–Kier alpha value is -1.88. The number of benzene rings is 1. The number of nitrogens with zero attached hydrogens (tertiary/aromatic N) is 1. The van der Waals surface area contributed by atoms with E-state index in [1.165, 1.54) is 6.92 Å². The first-order valence-corrected chi connectivity index (χ1v) is 6.82. The second kappa shape index (κ2) is 6.52. The Morgan fingerprint density at radius 1 is 1.45 bits per heavy atom. The molecule has 1 aliphatic heterocycles. The van der Waals surface area contributed by atoms with E-state index in [0.717, 1.165) is 13.1 Å². The monoisotopic (exact) mass is 276 g/mol. The van der Waals surface area contributed by atoms with Crippen molar-refractivity contribution < 1.29 is 14.3 Å². The Bertz CT molecular complexity index is 502. The first-order chi connectivity index (χ1) is 9.58. The molecule has 1 fully saturated rings. The zero-order valence-corrected chi connectivity index (χ0v) is 11.9. The average Bonchev–Trinajstić information content (AvgIpc) is 2.45. The molecule has 1 aliphatic rings. The van der Waals surface area contributed by atoms with Gasteiger partial charge in [-0.25, -0.2) is 0 Å². The van der Waals surface area contributed by atoms with Crippen molar-refractivity contribution in [1.29, 1.82) is 0 Å². The lowest BCUT2D eigenvalue weighted by atomic mass is 10.1. The van der Waals surface area contributed by atoms with Gasteiger partial charge in [0.2, 0.25) is 0 Å². The highest BCUT2D eigenvalue weighted by atomic mass is 16.5. The highest BCUT2D eigenvalue weighted by molar-refractivity contribution is 5.94. The van der Waals surface area contributed by atoms with Gasteiger partial charge in [-0.15, -0.1) is 0 Å². The third kappa shape index (κ3) is 3.57. The summed E-state index contributed by atoms with van der Waals surface area (Å²) in [6.07, 6.45) is 0. The van der Waals surface area contributed by atoms with Crippen LogP contribution in [0.4, 0.5) is 0 Å². The minimum absolute atomic E-state index is 0.00565. The van der Waals surface area contributed by atoms with Crippen molar-refractivity contribution in [2.75, 3.05) is 26.2 Å². The van der Waals surface area contributed by atoms with Gasteiger partial charge in [-0.2, -0.15) is 0 Å². The van der Waals surface area contributed by atoms with E-state index in [2.05, 4.69) is 5.32 Å². The Morgan fingerprint density at radius 2 is 2.25 bits per heavy atom. The normalized spacial score (nSPS) is 18.7. The van der Waals surface area contributed by atoms with Crippen molar-refractivity contribution in [3.63, 3.8) is 0 Å². The summed E-state index contributed by atoms with van der Waals surface area (Å²) in [7, 11) is 0. The van der Waals surface area contributed by atoms with Crippen LogP contribution in [0.1, 0.15) is 24.2 Å². The molecule has 2 rings (SSSR count). The van der Waals surface area contributed by atoms with Crippen LogP contribution in [0.2, 0.25) is 0 Å². The van der Waals surface area contributed by atoms with Crippen LogP contribution in [0.15, 0.2) is 24.3 Å². The molecule has 5 nitrogen and oxygen atoms in total. The van der Waals surface area contributed by atoms with Gasteiger partial charge in [-0.05, 0) is 26.0 Å². The van der Waals surface area contributed by atoms with E-state index >= 15 is 0 Å². The van der Waals surface area contributed by atoms with Crippen LogP contribution in [0, 0.1) is 0 Å². The van der Waals surface area contributed by atoms with Crippen LogP contribution in [0.3, 0.4) is 0 Å². The first-order valence-electron chi connectivity index (χ1n) is 6.82. The molecule has 1 aromatic carbocycles. The number of nitrogens with one attached hydrogen (secondary N) is 1. The summed E-state index contributed by atoms with van der Waals surface area (Å²) in [5.74, 6) is 0.513. The van der Waals surface area contributed by atoms with Crippen LogP contribution in [-0.4, -0.2) is 48.9 Å². The lowest BCUT2D eigenvalue weighted by Gasteiger charge is -2.33. The number of hydrogen-bond acceptors (Lipinski definition) is 4. The summed E-state index contributed by atoms with van der Waals surface area (Å²) in [4.78, 5) is 25.2. The highest BCUT2D eigenvalue weighted by Crippen LogP contribution is 2.14. The van der Waals surface area contributed by atoms with Gasteiger partial charge < -0.3 is 15.0 Å². The SMILES string of the molecule is CC(=O)c1cccc(OCC(=O)N2CCNC[C@H]2C)c1. The van der Waals surface area contributed by atoms with Gasteiger partial charge in [-0.3, -0.25) is 9.59 Å². The molecule has 0 unspecified atom stereocenters. The zero-order chi connectivity index (χ0) is 14.5. The van der Waals surface area contributed by atoms with Crippen molar-refractivity contribution in [2.24, 2.45) is 0 Å². The number of Topliss-reactive ketones (excluding diaryl/α,β-unsaturated/α-hetero) is 1. The van der Waals surface area contributed by atoms with Crippen LogP contribution in [0.5, 0.6) is 5.75 Å². The molecule has 0 saturated carbocycles. The van der Waals surface area contributed by atoms with E-state index in [4.69, 9.17) is 4.74 Å². The molecule has 1 heterocycles. The summed E-state index contributed by atoms with van der Waals surface area (Å²) in [5, 5.41) is 3.24. The molecular weight excluding hydrogens is 256 g/mol. The van der Waals surface area contributed by atoms with Gasteiger partial charge in [0, 0.05) is 31.2 Å². The molecule has 1 amide bonds. The Morgan fingerprint density at radius 3 is 2.95 bits per heavy atom. The van der Waals surface area contributed by atoms with Crippen LogP contribution >= 0.6 is 0 Å². The maximum absolute atomic E-state index is 12.1. The van der Waals surface area contributed by atoms with E-state index in [0.29, 0.717) is 17.9 Å². The van der Waals surface area contributed by atoms with Crippen molar-refractivity contribution in [2.45, 2.75) is 19.9 Å². The predicted molar refractivity (Wildman–Crippen MR) is 76.0 cm³/mol. The Kier molecular flexibility index (Phi) is 4.74.